The van der Waals surface area contributed by atoms with Crippen LogP contribution in [0.25, 0.3) is 0 Å². The van der Waals surface area contributed by atoms with Gasteiger partial charge in [-0.15, -0.1) is 0 Å². The number of amides is 1. The highest BCUT2D eigenvalue weighted by Crippen LogP contribution is 2.29. The summed E-state index contributed by atoms with van der Waals surface area (Å²) in [5.74, 6) is 0.149. The van der Waals surface area contributed by atoms with Crippen molar-refractivity contribution in [1.29, 1.82) is 0 Å². The quantitative estimate of drug-likeness (QED) is 0.605. The molecule has 0 bridgehead atoms. The highest BCUT2D eigenvalue weighted by atomic mass is 32.2. The van der Waals surface area contributed by atoms with Gasteiger partial charge in [0.2, 0.25) is 15.9 Å². The first kappa shape index (κ1) is 21.3. The molecule has 0 unspecified atom stereocenters. The molecule has 1 atom stereocenters. The van der Waals surface area contributed by atoms with Gasteiger partial charge >= 0.3 is 0 Å². The Morgan fingerprint density at radius 1 is 1.10 bits per heavy atom. The molecule has 31 heavy (non-hydrogen) atoms. The lowest BCUT2D eigenvalue weighted by Gasteiger charge is -2.28. The average Bonchev–Trinajstić information content (AvgIpc) is 3.27. The van der Waals surface area contributed by atoms with Crippen LogP contribution < -0.4 is 5.32 Å². The monoisotopic (exact) mass is 438 g/mol. The topological polar surface area (TPSA) is 79.6 Å². The highest BCUT2D eigenvalue weighted by Gasteiger charge is 2.29. The van der Waals surface area contributed by atoms with Gasteiger partial charge in [-0.1, -0.05) is 42.0 Å². The van der Waals surface area contributed by atoms with Crippen molar-refractivity contribution in [1.82, 2.24) is 9.62 Å². The van der Waals surface area contributed by atoms with Crippen molar-refractivity contribution in [2.24, 2.45) is 0 Å². The van der Waals surface area contributed by atoms with Gasteiger partial charge in [0.25, 0.3) is 0 Å². The van der Waals surface area contributed by atoms with Gasteiger partial charge in [0.1, 0.15) is 5.76 Å². The van der Waals surface area contributed by atoms with Gasteiger partial charge in [0.05, 0.1) is 30.3 Å². The fraction of sp³-hybridized carbons (Fsp3) is 0.292. The van der Waals surface area contributed by atoms with E-state index in [-0.39, 0.29) is 29.9 Å². The second kappa shape index (κ2) is 9.08. The Kier molecular flexibility index (Phi) is 6.25. The highest BCUT2D eigenvalue weighted by molar-refractivity contribution is 7.89. The summed E-state index contributed by atoms with van der Waals surface area (Å²) in [7, 11) is -3.88. The summed E-state index contributed by atoms with van der Waals surface area (Å²) in [5, 5.41) is 3.04. The zero-order valence-corrected chi connectivity index (χ0v) is 18.3. The Morgan fingerprint density at radius 2 is 1.87 bits per heavy atom. The second-order valence-corrected chi connectivity index (χ2v) is 9.81. The maximum Gasteiger partial charge on any atom is 0.243 e. The Morgan fingerprint density at radius 3 is 2.61 bits per heavy atom. The average molecular weight is 439 g/mol. The molecule has 1 amide bonds. The largest absolute Gasteiger partial charge is 0.468 e. The molecule has 0 saturated heterocycles. The maximum absolute atomic E-state index is 13.3. The Hall–Kier alpha value is -2.90. The van der Waals surface area contributed by atoms with Crippen molar-refractivity contribution in [3.05, 3.63) is 89.4 Å². The Balaban J connectivity index is 1.55. The molecule has 0 fully saturated rings. The molecular formula is C24H26N2O4S. The predicted molar refractivity (Wildman–Crippen MR) is 118 cm³/mol. The van der Waals surface area contributed by atoms with Crippen molar-refractivity contribution in [3.8, 4) is 0 Å². The third-order valence-corrected chi connectivity index (χ3v) is 7.40. The number of hydrogen-bond donors (Lipinski definition) is 1. The van der Waals surface area contributed by atoms with Crippen molar-refractivity contribution < 1.29 is 17.6 Å². The molecular weight excluding hydrogens is 412 g/mol. The van der Waals surface area contributed by atoms with Gasteiger partial charge < -0.3 is 9.73 Å². The normalized spacial score (nSPS) is 16.1. The van der Waals surface area contributed by atoms with Crippen molar-refractivity contribution in [2.75, 3.05) is 6.54 Å². The van der Waals surface area contributed by atoms with Gasteiger partial charge in [-0.05, 0) is 61.6 Å². The molecule has 1 N–H and O–H groups in total. The smallest absolute Gasteiger partial charge is 0.243 e. The third-order valence-electron chi connectivity index (χ3n) is 5.60. The lowest BCUT2D eigenvalue weighted by atomic mass is 9.88. The minimum atomic E-state index is -3.88. The molecule has 1 aliphatic carbocycles. The molecule has 0 saturated carbocycles. The fourth-order valence-electron chi connectivity index (χ4n) is 3.97. The van der Waals surface area contributed by atoms with Gasteiger partial charge in [0, 0.05) is 0 Å². The van der Waals surface area contributed by atoms with Crippen molar-refractivity contribution >= 4 is 15.9 Å². The Bertz CT molecular complexity index is 1140. The van der Waals surface area contributed by atoms with E-state index in [9.17, 15) is 13.2 Å². The molecule has 1 aliphatic rings. The first-order valence-electron chi connectivity index (χ1n) is 10.4. The van der Waals surface area contributed by atoms with E-state index in [1.807, 2.05) is 25.1 Å². The van der Waals surface area contributed by atoms with Gasteiger partial charge in [-0.3, -0.25) is 4.79 Å². The van der Waals surface area contributed by atoms with E-state index in [0.29, 0.717) is 5.76 Å². The SMILES string of the molecule is Cc1ccc(S(=O)(=O)N(CC(=O)N[C@@H]2CCCc3ccccc32)Cc2ccco2)cc1. The maximum atomic E-state index is 13.3. The van der Waals surface area contributed by atoms with E-state index in [0.717, 1.165) is 30.4 Å². The van der Waals surface area contributed by atoms with Crippen LogP contribution in [0.4, 0.5) is 0 Å². The number of carbonyl (C=O) groups is 1. The number of nitrogens with one attached hydrogen (secondary N) is 1. The van der Waals surface area contributed by atoms with Crippen LogP contribution in [0, 0.1) is 6.92 Å². The summed E-state index contributed by atoms with van der Waals surface area (Å²) >= 11 is 0. The molecule has 0 spiro atoms. The molecule has 1 aromatic heterocycles. The summed E-state index contributed by atoms with van der Waals surface area (Å²) in [4.78, 5) is 13.1. The number of aryl methyl sites for hydroxylation is 2. The molecule has 3 aromatic rings. The molecule has 1 heterocycles. The van der Waals surface area contributed by atoms with Gasteiger partial charge in [-0.2, -0.15) is 4.31 Å². The summed E-state index contributed by atoms with van der Waals surface area (Å²) in [5.41, 5.74) is 3.31. The van der Waals surface area contributed by atoms with Crippen LogP contribution >= 0.6 is 0 Å². The number of benzene rings is 2. The standard InChI is InChI=1S/C24H26N2O4S/c1-18-11-13-21(14-12-18)31(28,29)26(16-20-8-5-15-30-20)17-24(27)25-23-10-4-7-19-6-2-3-9-22(19)23/h2-3,5-6,8-9,11-15,23H,4,7,10,16-17H2,1H3,(H,25,27)/t23-/m1/s1. The molecule has 162 valence electrons. The van der Waals surface area contributed by atoms with Crippen LogP contribution in [0.5, 0.6) is 0 Å². The van der Waals surface area contributed by atoms with Crippen molar-refractivity contribution in [3.63, 3.8) is 0 Å². The minimum Gasteiger partial charge on any atom is -0.468 e. The van der Waals surface area contributed by atoms with Crippen molar-refractivity contribution in [2.45, 2.75) is 43.7 Å². The zero-order chi connectivity index (χ0) is 21.8. The first-order chi connectivity index (χ1) is 14.9. The van der Waals surface area contributed by atoms with E-state index in [1.165, 1.54) is 16.1 Å². The van der Waals surface area contributed by atoms with Crippen LogP contribution in [0.1, 0.15) is 41.3 Å². The Labute approximate surface area is 182 Å². The van der Waals surface area contributed by atoms with Crippen LogP contribution in [-0.4, -0.2) is 25.2 Å². The summed E-state index contributed by atoms with van der Waals surface area (Å²) in [6.07, 6.45) is 4.31. The van der Waals surface area contributed by atoms with E-state index < -0.39 is 10.0 Å². The first-order valence-corrected chi connectivity index (χ1v) is 11.8. The zero-order valence-electron chi connectivity index (χ0n) is 17.5. The van der Waals surface area contributed by atoms with Crippen LogP contribution in [0.15, 0.2) is 76.2 Å². The van der Waals surface area contributed by atoms with Crippen LogP contribution in [0.3, 0.4) is 0 Å². The fourth-order valence-corrected chi connectivity index (χ4v) is 5.33. The number of carbonyl (C=O) groups excluding carboxylic acids is 1. The number of hydrogen-bond acceptors (Lipinski definition) is 4. The summed E-state index contributed by atoms with van der Waals surface area (Å²) < 4.78 is 33.1. The van der Waals surface area contributed by atoms with Gasteiger partial charge in [-0.25, -0.2) is 8.42 Å². The number of nitrogens with zero attached hydrogens (tertiary/aromatic N) is 1. The molecule has 4 rings (SSSR count). The third kappa shape index (κ3) is 4.89. The summed E-state index contributed by atoms with van der Waals surface area (Å²) in [6.45, 7) is 1.60. The lowest BCUT2D eigenvalue weighted by molar-refractivity contribution is -0.122. The molecule has 0 radical (unpaired) electrons. The van der Waals surface area contributed by atoms with E-state index >= 15 is 0 Å². The van der Waals surface area contributed by atoms with E-state index in [1.54, 1.807) is 36.4 Å². The number of sulfonamides is 1. The molecule has 7 heteroatoms. The van der Waals surface area contributed by atoms with Crippen LogP contribution in [0.2, 0.25) is 0 Å². The second-order valence-electron chi connectivity index (χ2n) is 7.88. The predicted octanol–water partition coefficient (Wildman–Crippen LogP) is 3.97. The minimum absolute atomic E-state index is 0.0160. The number of fused-ring (bicyclic) bond motifs is 1. The molecule has 6 nitrogen and oxygen atoms in total. The number of rotatable bonds is 7. The molecule has 2 aromatic carbocycles. The number of furan rings is 1. The summed E-state index contributed by atoms with van der Waals surface area (Å²) in [6, 6.07) is 18.0. The van der Waals surface area contributed by atoms with E-state index in [2.05, 4.69) is 11.4 Å². The lowest BCUT2D eigenvalue weighted by Crippen LogP contribution is -2.42. The van der Waals surface area contributed by atoms with Crippen LogP contribution in [-0.2, 0) is 27.8 Å². The van der Waals surface area contributed by atoms with Gasteiger partial charge in [0.15, 0.2) is 0 Å². The molecule has 0 aliphatic heterocycles. The van der Waals surface area contributed by atoms with E-state index in [4.69, 9.17) is 4.42 Å².